The highest BCUT2D eigenvalue weighted by atomic mass is 35.5. The second kappa shape index (κ2) is 6.44. The Morgan fingerprint density at radius 2 is 2.00 bits per heavy atom. The molecular formula is C15H22ClNO. The van der Waals surface area contributed by atoms with E-state index in [2.05, 4.69) is 12.2 Å². The summed E-state index contributed by atoms with van der Waals surface area (Å²) in [5, 5.41) is 3.98. The summed E-state index contributed by atoms with van der Waals surface area (Å²) in [7, 11) is 2.02. The number of hydrogen-bond acceptors (Lipinski definition) is 2. The maximum Gasteiger partial charge on any atom is 0.138 e. The van der Waals surface area contributed by atoms with Crippen molar-refractivity contribution in [1.29, 1.82) is 0 Å². The Bertz CT molecular complexity index is 386. The fourth-order valence-electron chi connectivity index (χ4n) is 2.62. The van der Waals surface area contributed by atoms with E-state index in [0.29, 0.717) is 6.10 Å². The molecule has 0 aromatic heterocycles. The zero-order valence-corrected chi connectivity index (χ0v) is 12.0. The Labute approximate surface area is 115 Å². The first kappa shape index (κ1) is 13.7. The van der Waals surface area contributed by atoms with Crippen LogP contribution in [0.25, 0.3) is 0 Å². The molecule has 0 unspecified atom stereocenters. The van der Waals surface area contributed by atoms with Crippen molar-refractivity contribution in [2.75, 3.05) is 13.6 Å². The van der Waals surface area contributed by atoms with Crippen molar-refractivity contribution < 1.29 is 4.74 Å². The topological polar surface area (TPSA) is 21.3 Å². The van der Waals surface area contributed by atoms with E-state index in [4.69, 9.17) is 16.3 Å². The van der Waals surface area contributed by atoms with Crippen LogP contribution >= 0.6 is 11.6 Å². The van der Waals surface area contributed by atoms with E-state index in [1.54, 1.807) is 0 Å². The lowest BCUT2D eigenvalue weighted by Crippen LogP contribution is -2.29. The SMILES string of the molecule is CNCC1CCC(Oc2cc(C)ccc2Cl)CC1. The summed E-state index contributed by atoms with van der Waals surface area (Å²) in [6.45, 7) is 3.19. The molecular weight excluding hydrogens is 246 g/mol. The molecule has 0 bridgehead atoms. The van der Waals surface area contributed by atoms with Crippen LogP contribution in [0.3, 0.4) is 0 Å². The van der Waals surface area contributed by atoms with Gasteiger partial charge in [0.15, 0.2) is 0 Å². The van der Waals surface area contributed by atoms with Gasteiger partial charge in [0.2, 0.25) is 0 Å². The molecule has 1 aliphatic rings. The van der Waals surface area contributed by atoms with Crippen molar-refractivity contribution >= 4 is 11.6 Å². The molecule has 1 aromatic carbocycles. The van der Waals surface area contributed by atoms with E-state index in [9.17, 15) is 0 Å². The Hall–Kier alpha value is -0.730. The van der Waals surface area contributed by atoms with Crippen molar-refractivity contribution in [3.63, 3.8) is 0 Å². The van der Waals surface area contributed by atoms with E-state index < -0.39 is 0 Å². The van der Waals surface area contributed by atoms with Crippen LogP contribution in [0.2, 0.25) is 5.02 Å². The summed E-state index contributed by atoms with van der Waals surface area (Å²) in [4.78, 5) is 0. The molecule has 1 aliphatic carbocycles. The number of halogens is 1. The lowest BCUT2D eigenvalue weighted by molar-refractivity contribution is 0.131. The van der Waals surface area contributed by atoms with Gasteiger partial charge in [-0.2, -0.15) is 0 Å². The molecule has 0 spiro atoms. The average molecular weight is 268 g/mol. The molecule has 0 heterocycles. The first-order valence-electron chi connectivity index (χ1n) is 6.76. The summed E-state index contributed by atoms with van der Waals surface area (Å²) >= 11 is 6.16. The Morgan fingerprint density at radius 1 is 1.28 bits per heavy atom. The molecule has 2 nitrogen and oxygen atoms in total. The number of nitrogens with one attached hydrogen (secondary N) is 1. The van der Waals surface area contributed by atoms with Gasteiger partial charge < -0.3 is 10.1 Å². The average Bonchev–Trinajstić information content (AvgIpc) is 2.37. The third-order valence-electron chi connectivity index (χ3n) is 3.67. The minimum absolute atomic E-state index is 0.331. The van der Waals surface area contributed by atoms with Gasteiger partial charge in [0.1, 0.15) is 5.75 Å². The number of aryl methyl sites for hydroxylation is 1. The molecule has 1 saturated carbocycles. The number of hydrogen-bond donors (Lipinski definition) is 1. The van der Waals surface area contributed by atoms with Gasteiger partial charge >= 0.3 is 0 Å². The fraction of sp³-hybridized carbons (Fsp3) is 0.600. The molecule has 3 heteroatoms. The van der Waals surface area contributed by atoms with Crippen molar-refractivity contribution in [3.05, 3.63) is 28.8 Å². The van der Waals surface area contributed by atoms with Crippen molar-refractivity contribution in [2.24, 2.45) is 5.92 Å². The van der Waals surface area contributed by atoms with Crippen LogP contribution in [0.4, 0.5) is 0 Å². The van der Waals surface area contributed by atoms with Crippen LogP contribution in [0.5, 0.6) is 5.75 Å². The van der Waals surface area contributed by atoms with Crippen LogP contribution < -0.4 is 10.1 Å². The summed E-state index contributed by atoms with van der Waals surface area (Å²) in [5.41, 5.74) is 1.19. The third-order valence-corrected chi connectivity index (χ3v) is 3.98. The molecule has 18 heavy (non-hydrogen) atoms. The monoisotopic (exact) mass is 267 g/mol. The lowest BCUT2D eigenvalue weighted by Gasteiger charge is -2.29. The molecule has 1 aromatic rings. The molecule has 1 fully saturated rings. The van der Waals surface area contributed by atoms with Crippen molar-refractivity contribution in [3.8, 4) is 5.75 Å². The molecule has 0 radical (unpaired) electrons. The van der Waals surface area contributed by atoms with Gasteiger partial charge in [-0.05, 0) is 69.8 Å². The highest BCUT2D eigenvalue weighted by Gasteiger charge is 2.22. The first-order valence-corrected chi connectivity index (χ1v) is 7.14. The molecule has 0 aliphatic heterocycles. The van der Waals surface area contributed by atoms with Gasteiger partial charge in [-0.3, -0.25) is 0 Å². The summed E-state index contributed by atoms with van der Waals surface area (Å²) in [6.07, 6.45) is 5.09. The number of benzene rings is 1. The minimum atomic E-state index is 0.331. The highest BCUT2D eigenvalue weighted by molar-refractivity contribution is 6.32. The standard InChI is InChI=1S/C15H22ClNO/c1-11-3-8-14(16)15(9-11)18-13-6-4-12(5-7-13)10-17-2/h3,8-9,12-13,17H,4-7,10H2,1-2H3. The largest absolute Gasteiger partial charge is 0.489 e. The zero-order valence-electron chi connectivity index (χ0n) is 11.2. The van der Waals surface area contributed by atoms with Crippen molar-refractivity contribution in [1.82, 2.24) is 5.32 Å². The van der Waals surface area contributed by atoms with Crippen LogP contribution in [0.15, 0.2) is 18.2 Å². The molecule has 0 atom stereocenters. The number of rotatable bonds is 4. The fourth-order valence-corrected chi connectivity index (χ4v) is 2.79. The van der Waals surface area contributed by atoms with Gasteiger partial charge in [0.05, 0.1) is 11.1 Å². The van der Waals surface area contributed by atoms with Gasteiger partial charge in [-0.25, -0.2) is 0 Å². The minimum Gasteiger partial charge on any atom is -0.489 e. The van der Waals surface area contributed by atoms with Crippen molar-refractivity contribution in [2.45, 2.75) is 38.7 Å². The Kier molecular flexibility index (Phi) is 4.90. The zero-order chi connectivity index (χ0) is 13.0. The summed E-state index contributed by atoms with van der Waals surface area (Å²) in [6, 6.07) is 5.96. The number of ether oxygens (including phenoxy) is 1. The van der Waals surface area contributed by atoms with Gasteiger partial charge in [0.25, 0.3) is 0 Å². The molecule has 0 saturated heterocycles. The second-order valence-corrected chi connectivity index (χ2v) is 5.66. The van der Waals surface area contributed by atoms with Gasteiger partial charge in [0, 0.05) is 0 Å². The smallest absolute Gasteiger partial charge is 0.138 e. The van der Waals surface area contributed by atoms with Crippen LogP contribution in [-0.4, -0.2) is 19.7 Å². The predicted octanol–water partition coefficient (Wildman–Crippen LogP) is 3.81. The first-order chi connectivity index (χ1) is 8.69. The van der Waals surface area contributed by atoms with E-state index in [1.807, 2.05) is 25.2 Å². The van der Waals surface area contributed by atoms with Crippen LogP contribution in [-0.2, 0) is 0 Å². The Morgan fingerprint density at radius 3 is 2.67 bits per heavy atom. The predicted molar refractivity (Wildman–Crippen MR) is 76.5 cm³/mol. The van der Waals surface area contributed by atoms with Gasteiger partial charge in [-0.1, -0.05) is 17.7 Å². The Balaban J connectivity index is 1.89. The van der Waals surface area contributed by atoms with E-state index in [1.165, 1.54) is 18.4 Å². The normalized spacial score (nSPS) is 23.9. The quantitative estimate of drug-likeness (QED) is 0.896. The second-order valence-electron chi connectivity index (χ2n) is 5.25. The van der Waals surface area contributed by atoms with Crippen LogP contribution in [0, 0.1) is 12.8 Å². The summed E-state index contributed by atoms with van der Waals surface area (Å²) in [5.74, 6) is 1.65. The molecule has 100 valence electrons. The maximum absolute atomic E-state index is 6.16. The highest BCUT2D eigenvalue weighted by Crippen LogP contribution is 2.31. The maximum atomic E-state index is 6.16. The third kappa shape index (κ3) is 3.63. The molecule has 2 rings (SSSR count). The van der Waals surface area contributed by atoms with Gasteiger partial charge in [-0.15, -0.1) is 0 Å². The molecule has 1 N–H and O–H groups in total. The van der Waals surface area contributed by atoms with E-state index in [0.717, 1.165) is 36.1 Å². The summed E-state index contributed by atoms with van der Waals surface area (Å²) < 4.78 is 6.04. The molecule has 0 amide bonds. The van der Waals surface area contributed by atoms with Crippen LogP contribution in [0.1, 0.15) is 31.2 Å². The lowest BCUT2D eigenvalue weighted by atomic mass is 9.87. The van der Waals surface area contributed by atoms with E-state index in [-0.39, 0.29) is 0 Å². The van der Waals surface area contributed by atoms with E-state index >= 15 is 0 Å².